The third-order valence-corrected chi connectivity index (χ3v) is 4.83. The van der Waals surface area contributed by atoms with Gasteiger partial charge in [0, 0.05) is 24.3 Å². The van der Waals surface area contributed by atoms with E-state index in [2.05, 4.69) is 5.32 Å². The van der Waals surface area contributed by atoms with Crippen molar-refractivity contribution in [2.45, 2.75) is 19.8 Å². The van der Waals surface area contributed by atoms with Crippen LogP contribution in [0.4, 0.5) is 11.4 Å². The summed E-state index contributed by atoms with van der Waals surface area (Å²) in [6, 6.07) is 14.5. The minimum atomic E-state index is -0.429. The number of nitrogens with zero attached hydrogens (tertiary/aromatic N) is 2. The van der Waals surface area contributed by atoms with Gasteiger partial charge in [0.2, 0.25) is 11.8 Å². The topological polar surface area (TPSA) is 73.2 Å². The fourth-order valence-electron chi connectivity index (χ4n) is 3.12. The number of anilines is 2. The van der Waals surface area contributed by atoms with Gasteiger partial charge in [-0.1, -0.05) is 36.7 Å². The summed E-state index contributed by atoms with van der Waals surface area (Å²) in [5, 5.41) is 12.0. The van der Waals surface area contributed by atoms with Crippen LogP contribution >= 0.6 is 11.6 Å². The monoisotopic (exact) mass is 367 g/mol. The minimum absolute atomic E-state index is 0.0519. The van der Waals surface area contributed by atoms with Gasteiger partial charge in [0.1, 0.15) is 6.07 Å². The Balaban J connectivity index is 1.73. The summed E-state index contributed by atoms with van der Waals surface area (Å²) >= 11 is 6.00. The number of amides is 2. The molecule has 26 heavy (non-hydrogen) atoms. The predicted molar refractivity (Wildman–Crippen MR) is 101 cm³/mol. The van der Waals surface area contributed by atoms with Gasteiger partial charge in [0.05, 0.1) is 16.5 Å². The first-order valence-electron chi connectivity index (χ1n) is 8.42. The third kappa shape index (κ3) is 3.56. The molecule has 1 atom stereocenters. The van der Waals surface area contributed by atoms with Crippen LogP contribution in [-0.4, -0.2) is 18.4 Å². The highest BCUT2D eigenvalue weighted by Gasteiger charge is 2.35. The molecule has 0 saturated carbocycles. The van der Waals surface area contributed by atoms with E-state index in [4.69, 9.17) is 16.9 Å². The highest BCUT2D eigenvalue weighted by atomic mass is 35.5. The molecule has 0 bridgehead atoms. The normalized spacial score (nSPS) is 16.4. The third-order valence-electron chi connectivity index (χ3n) is 4.52. The SMILES string of the molecule is CCc1ccccc1N1CC(C(=O)Nc2ccc(C#N)c(Cl)c2)CC1=O. The van der Waals surface area contributed by atoms with E-state index in [9.17, 15) is 9.59 Å². The van der Waals surface area contributed by atoms with Crippen molar-refractivity contribution in [2.24, 2.45) is 5.92 Å². The summed E-state index contributed by atoms with van der Waals surface area (Å²) in [7, 11) is 0. The van der Waals surface area contributed by atoms with Crippen LogP contribution in [0.1, 0.15) is 24.5 Å². The van der Waals surface area contributed by atoms with E-state index >= 15 is 0 Å². The first-order chi connectivity index (χ1) is 12.5. The number of carbonyl (C=O) groups excluding carboxylic acids is 2. The van der Waals surface area contributed by atoms with Crippen LogP contribution in [0, 0.1) is 17.2 Å². The molecule has 1 aliphatic rings. The number of nitrogens with one attached hydrogen (secondary N) is 1. The average molecular weight is 368 g/mol. The maximum atomic E-state index is 12.6. The lowest BCUT2D eigenvalue weighted by atomic mass is 10.1. The van der Waals surface area contributed by atoms with Gasteiger partial charge in [-0.25, -0.2) is 0 Å². The molecule has 1 aliphatic heterocycles. The van der Waals surface area contributed by atoms with E-state index in [1.165, 1.54) is 0 Å². The summed E-state index contributed by atoms with van der Waals surface area (Å²) in [6.07, 6.45) is 0.994. The molecule has 1 saturated heterocycles. The van der Waals surface area contributed by atoms with Crippen LogP contribution in [0.5, 0.6) is 0 Å². The van der Waals surface area contributed by atoms with Crippen LogP contribution in [-0.2, 0) is 16.0 Å². The molecule has 3 rings (SSSR count). The molecule has 1 unspecified atom stereocenters. The molecular formula is C20H18ClN3O2. The number of para-hydroxylation sites is 1. The van der Waals surface area contributed by atoms with E-state index in [0.29, 0.717) is 17.8 Å². The molecule has 2 aromatic rings. The smallest absolute Gasteiger partial charge is 0.229 e. The van der Waals surface area contributed by atoms with Crippen LogP contribution in [0.3, 0.4) is 0 Å². The Morgan fingerprint density at radius 3 is 2.81 bits per heavy atom. The van der Waals surface area contributed by atoms with Crippen molar-refractivity contribution < 1.29 is 9.59 Å². The molecule has 0 aromatic heterocycles. The lowest BCUT2D eigenvalue weighted by Gasteiger charge is -2.20. The zero-order valence-electron chi connectivity index (χ0n) is 14.3. The lowest BCUT2D eigenvalue weighted by Crippen LogP contribution is -2.28. The number of rotatable bonds is 4. The van der Waals surface area contributed by atoms with Crippen molar-refractivity contribution in [3.63, 3.8) is 0 Å². The first kappa shape index (κ1) is 18.0. The first-order valence-corrected chi connectivity index (χ1v) is 8.80. The van der Waals surface area contributed by atoms with Crippen molar-refractivity contribution >= 4 is 34.8 Å². The Bertz CT molecular complexity index is 904. The second-order valence-corrected chi connectivity index (χ2v) is 6.59. The van der Waals surface area contributed by atoms with Crippen LogP contribution in [0.25, 0.3) is 0 Å². The van der Waals surface area contributed by atoms with Crippen molar-refractivity contribution in [1.82, 2.24) is 0 Å². The molecule has 0 radical (unpaired) electrons. The van der Waals surface area contributed by atoms with Crippen molar-refractivity contribution in [2.75, 3.05) is 16.8 Å². The molecule has 132 valence electrons. The van der Waals surface area contributed by atoms with Gasteiger partial charge in [-0.3, -0.25) is 9.59 Å². The predicted octanol–water partition coefficient (Wildman–Crippen LogP) is 3.77. The molecule has 6 heteroatoms. The number of hydrogen-bond acceptors (Lipinski definition) is 3. The fourth-order valence-corrected chi connectivity index (χ4v) is 3.34. The van der Waals surface area contributed by atoms with Gasteiger partial charge < -0.3 is 10.2 Å². The minimum Gasteiger partial charge on any atom is -0.326 e. The Morgan fingerprint density at radius 2 is 2.12 bits per heavy atom. The molecule has 5 nitrogen and oxygen atoms in total. The average Bonchev–Trinajstić information content (AvgIpc) is 3.03. The molecule has 0 spiro atoms. The van der Waals surface area contributed by atoms with Crippen molar-refractivity contribution in [3.8, 4) is 6.07 Å². The fraction of sp³-hybridized carbons (Fsp3) is 0.250. The quantitative estimate of drug-likeness (QED) is 0.894. The number of carbonyl (C=O) groups is 2. The summed E-state index contributed by atoms with van der Waals surface area (Å²) in [4.78, 5) is 26.7. The maximum Gasteiger partial charge on any atom is 0.229 e. The van der Waals surface area contributed by atoms with Gasteiger partial charge in [-0.2, -0.15) is 5.26 Å². The molecule has 2 amide bonds. The van der Waals surface area contributed by atoms with Gasteiger partial charge in [0.15, 0.2) is 0 Å². The molecule has 1 fully saturated rings. The van der Waals surface area contributed by atoms with E-state index in [1.54, 1.807) is 23.1 Å². The highest BCUT2D eigenvalue weighted by Crippen LogP contribution is 2.29. The molecule has 1 N–H and O–H groups in total. The summed E-state index contributed by atoms with van der Waals surface area (Å²) in [5.41, 5.74) is 2.82. The van der Waals surface area contributed by atoms with Gasteiger partial charge in [0.25, 0.3) is 0 Å². The zero-order valence-corrected chi connectivity index (χ0v) is 15.1. The highest BCUT2D eigenvalue weighted by molar-refractivity contribution is 6.32. The molecule has 2 aromatic carbocycles. The summed E-state index contributed by atoms with van der Waals surface area (Å²) < 4.78 is 0. The second-order valence-electron chi connectivity index (χ2n) is 6.18. The van der Waals surface area contributed by atoms with Gasteiger partial charge in [-0.05, 0) is 36.2 Å². The number of nitriles is 1. The standard InChI is InChI=1S/C20H18ClN3O2/c1-2-13-5-3-4-6-18(13)24-12-15(9-19(24)25)20(26)23-16-8-7-14(11-22)17(21)10-16/h3-8,10,15H,2,9,12H2,1H3,(H,23,26). The van der Waals surface area contributed by atoms with Crippen molar-refractivity contribution in [3.05, 3.63) is 58.6 Å². The Morgan fingerprint density at radius 1 is 1.35 bits per heavy atom. The van der Waals surface area contributed by atoms with Crippen LogP contribution in [0.15, 0.2) is 42.5 Å². The van der Waals surface area contributed by atoms with E-state index in [0.717, 1.165) is 17.7 Å². The zero-order chi connectivity index (χ0) is 18.7. The molecule has 0 aliphatic carbocycles. The van der Waals surface area contributed by atoms with Crippen molar-refractivity contribution in [1.29, 1.82) is 5.26 Å². The number of hydrogen-bond donors (Lipinski definition) is 1. The van der Waals surface area contributed by atoms with Crippen LogP contribution < -0.4 is 10.2 Å². The van der Waals surface area contributed by atoms with Gasteiger partial charge >= 0.3 is 0 Å². The largest absolute Gasteiger partial charge is 0.326 e. The Kier molecular flexibility index (Phi) is 5.24. The number of halogens is 1. The number of aryl methyl sites for hydroxylation is 1. The molecule has 1 heterocycles. The lowest BCUT2D eigenvalue weighted by molar-refractivity contribution is -0.122. The Hall–Kier alpha value is -2.84. The van der Waals surface area contributed by atoms with E-state index in [1.807, 2.05) is 37.3 Å². The Labute approximate surface area is 157 Å². The van der Waals surface area contributed by atoms with Gasteiger partial charge in [-0.15, -0.1) is 0 Å². The van der Waals surface area contributed by atoms with E-state index in [-0.39, 0.29) is 23.3 Å². The van der Waals surface area contributed by atoms with E-state index < -0.39 is 5.92 Å². The maximum absolute atomic E-state index is 12.6. The summed E-state index contributed by atoms with van der Waals surface area (Å²) in [6.45, 7) is 2.39. The number of benzene rings is 2. The summed E-state index contributed by atoms with van der Waals surface area (Å²) in [5.74, 6) is -0.707. The van der Waals surface area contributed by atoms with Crippen LogP contribution in [0.2, 0.25) is 5.02 Å². The second kappa shape index (κ2) is 7.59. The molecular weight excluding hydrogens is 350 g/mol.